The van der Waals surface area contributed by atoms with Gasteiger partial charge >= 0.3 is 0 Å². The number of aldehydes is 1. The van der Waals surface area contributed by atoms with E-state index in [1.807, 2.05) is 6.07 Å². The van der Waals surface area contributed by atoms with E-state index in [9.17, 15) is 13.2 Å². The molecule has 0 radical (unpaired) electrons. The van der Waals surface area contributed by atoms with E-state index in [1.165, 1.54) is 4.31 Å². The molecule has 0 aromatic heterocycles. The summed E-state index contributed by atoms with van der Waals surface area (Å²) in [6.45, 7) is 3.80. The minimum atomic E-state index is -3.30. The maximum atomic E-state index is 12.1. The first-order valence-electron chi connectivity index (χ1n) is 5.56. The van der Waals surface area contributed by atoms with Gasteiger partial charge in [0.25, 0.3) is 0 Å². The molecule has 1 aromatic rings. The number of carbonyl (C=O) groups excluding carboxylic acids is 1. The van der Waals surface area contributed by atoms with Gasteiger partial charge in [-0.15, -0.1) is 0 Å². The van der Waals surface area contributed by atoms with Crippen LogP contribution in [0, 0.1) is 0 Å². The predicted octanol–water partition coefficient (Wildman–Crippen LogP) is 1.60. The second-order valence-electron chi connectivity index (χ2n) is 4.42. The minimum absolute atomic E-state index is 0.451. The highest BCUT2D eigenvalue weighted by Crippen LogP contribution is 2.32. The van der Waals surface area contributed by atoms with E-state index in [2.05, 4.69) is 0 Å². The highest BCUT2D eigenvalue weighted by Gasteiger charge is 2.31. The van der Waals surface area contributed by atoms with Gasteiger partial charge in [-0.05, 0) is 31.9 Å². The molecular formula is C12H15NO3S. The molecule has 0 amide bonds. The minimum Gasteiger partial charge on any atom is -0.298 e. The summed E-state index contributed by atoms with van der Waals surface area (Å²) < 4.78 is 25.7. The molecule has 92 valence electrons. The molecule has 1 heterocycles. The summed E-state index contributed by atoms with van der Waals surface area (Å²) in [5, 5.41) is -0.451. The fourth-order valence-electron chi connectivity index (χ4n) is 1.96. The van der Waals surface area contributed by atoms with Crippen molar-refractivity contribution in [1.82, 2.24) is 0 Å². The van der Waals surface area contributed by atoms with E-state index in [4.69, 9.17) is 0 Å². The first-order chi connectivity index (χ1) is 7.96. The number of hydrogen-bond acceptors (Lipinski definition) is 3. The normalized spacial score (nSPS) is 15.1. The number of hydrogen-bond donors (Lipinski definition) is 0. The zero-order chi connectivity index (χ0) is 12.6. The lowest BCUT2D eigenvalue weighted by atomic mass is 10.1. The third-order valence-electron chi connectivity index (χ3n) is 3.00. The molecule has 5 heteroatoms. The standard InChI is InChI=1S/C12H15NO3S/c1-9(2)17(15,16)13-6-5-11-4-3-10(8-14)7-12(11)13/h3-4,7-9H,5-6H2,1-2H3. The van der Waals surface area contributed by atoms with Crippen LogP contribution in [0.5, 0.6) is 0 Å². The topological polar surface area (TPSA) is 54.5 Å². The summed E-state index contributed by atoms with van der Waals surface area (Å²) in [5.74, 6) is 0. The average Bonchev–Trinajstić information content (AvgIpc) is 2.71. The van der Waals surface area contributed by atoms with Gasteiger partial charge in [0.2, 0.25) is 10.0 Å². The largest absolute Gasteiger partial charge is 0.298 e. The van der Waals surface area contributed by atoms with Crippen molar-refractivity contribution < 1.29 is 13.2 Å². The Morgan fingerprint density at radius 3 is 2.65 bits per heavy atom. The van der Waals surface area contributed by atoms with Crippen LogP contribution in [0.25, 0.3) is 0 Å². The van der Waals surface area contributed by atoms with E-state index in [0.717, 1.165) is 11.8 Å². The summed E-state index contributed by atoms with van der Waals surface area (Å²) in [4.78, 5) is 10.7. The highest BCUT2D eigenvalue weighted by molar-refractivity contribution is 7.93. The second-order valence-corrected chi connectivity index (χ2v) is 6.84. The van der Waals surface area contributed by atoms with Crippen LogP contribution in [0.15, 0.2) is 18.2 Å². The van der Waals surface area contributed by atoms with Crippen LogP contribution in [-0.4, -0.2) is 26.5 Å². The Balaban J connectivity index is 2.49. The average molecular weight is 253 g/mol. The Kier molecular flexibility index (Phi) is 2.95. The molecule has 0 saturated heterocycles. The molecule has 0 saturated carbocycles. The van der Waals surface area contributed by atoms with Crippen LogP contribution in [0.2, 0.25) is 0 Å². The summed E-state index contributed by atoms with van der Waals surface area (Å²) in [5.41, 5.74) is 2.15. The number of carbonyl (C=O) groups is 1. The van der Waals surface area contributed by atoms with Gasteiger partial charge in [-0.2, -0.15) is 0 Å². The SMILES string of the molecule is CC(C)S(=O)(=O)N1CCc2ccc(C=O)cc21. The summed E-state index contributed by atoms with van der Waals surface area (Å²) in [6.07, 6.45) is 1.44. The Bertz CT molecular complexity index is 549. The third-order valence-corrected chi connectivity index (χ3v) is 5.19. The molecule has 1 aromatic carbocycles. The fraction of sp³-hybridized carbons (Fsp3) is 0.417. The van der Waals surface area contributed by atoms with Crippen molar-refractivity contribution >= 4 is 22.0 Å². The van der Waals surface area contributed by atoms with Gasteiger partial charge in [-0.1, -0.05) is 12.1 Å². The second kappa shape index (κ2) is 4.14. The lowest BCUT2D eigenvalue weighted by molar-refractivity contribution is 0.112. The van der Waals surface area contributed by atoms with Gasteiger partial charge in [-0.25, -0.2) is 8.42 Å². The Morgan fingerprint density at radius 1 is 1.35 bits per heavy atom. The van der Waals surface area contributed by atoms with Gasteiger partial charge in [-0.3, -0.25) is 9.10 Å². The number of rotatable bonds is 3. The van der Waals surface area contributed by atoms with Gasteiger partial charge < -0.3 is 0 Å². The maximum absolute atomic E-state index is 12.1. The zero-order valence-corrected chi connectivity index (χ0v) is 10.7. The Morgan fingerprint density at radius 2 is 2.06 bits per heavy atom. The van der Waals surface area contributed by atoms with E-state index < -0.39 is 15.3 Å². The van der Waals surface area contributed by atoms with E-state index in [1.54, 1.807) is 26.0 Å². The van der Waals surface area contributed by atoms with Crippen molar-refractivity contribution in [3.05, 3.63) is 29.3 Å². The van der Waals surface area contributed by atoms with Crippen molar-refractivity contribution in [2.24, 2.45) is 0 Å². The molecule has 1 aliphatic rings. The van der Waals surface area contributed by atoms with E-state index in [0.29, 0.717) is 24.2 Å². The van der Waals surface area contributed by atoms with Crippen LogP contribution in [0.1, 0.15) is 29.8 Å². The quantitative estimate of drug-likeness (QED) is 0.769. The molecule has 4 nitrogen and oxygen atoms in total. The van der Waals surface area contributed by atoms with Crippen LogP contribution in [0.4, 0.5) is 5.69 Å². The van der Waals surface area contributed by atoms with Gasteiger partial charge in [0.1, 0.15) is 6.29 Å². The zero-order valence-electron chi connectivity index (χ0n) is 9.88. The molecule has 0 aliphatic carbocycles. The molecule has 0 spiro atoms. The van der Waals surface area contributed by atoms with Crippen LogP contribution in [-0.2, 0) is 16.4 Å². The van der Waals surface area contributed by atoms with Crippen molar-refractivity contribution in [2.75, 3.05) is 10.8 Å². The molecule has 2 rings (SSSR count). The fourth-order valence-corrected chi connectivity index (χ4v) is 3.26. The molecular weight excluding hydrogens is 238 g/mol. The lowest BCUT2D eigenvalue weighted by Gasteiger charge is -2.22. The molecule has 17 heavy (non-hydrogen) atoms. The molecule has 1 aliphatic heterocycles. The highest BCUT2D eigenvalue weighted by atomic mass is 32.2. The number of fused-ring (bicyclic) bond motifs is 1. The maximum Gasteiger partial charge on any atom is 0.237 e. The molecule has 0 unspecified atom stereocenters. The first kappa shape index (κ1) is 12.1. The van der Waals surface area contributed by atoms with E-state index >= 15 is 0 Å². The summed E-state index contributed by atoms with van der Waals surface area (Å²) in [7, 11) is -3.30. The Hall–Kier alpha value is -1.36. The lowest BCUT2D eigenvalue weighted by Crippen LogP contribution is -2.35. The Labute approximate surface area is 101 Å². The van der Waals surface area contributed by atoms with Gasteiger partial charge in [0.15, 0.2) is 0 Å². The summed E-state index contributed by atoms with van der Waals surface area (Å²) >= 11 is 0. The van der Waals surface area contributed by atoms with Crippen LogP contribution >= 0.6 is 0 Å². The van der Waals surface area contributed by atoms with Crippen molar-refractivity contribution in [1.29, 1.82) is 0 Å². The molecule has 0 bridgehead atoms. The van der Waals surface area contributed by atoms with Crippen molar-refractivity contribution in [3.63, 3.8) is 0 Å². The number of benzene rings is 1. The smallest absolute Gasteiger partial charge is 0.237 e. The third kappa shape index (κ3) is 1.95. The van der Waals surface area contributed by atoms with Crippen LogP contribution < -0.4 is 4.31 Å². The monoisotopic (exact) mass is 253 g/mol. The van der Waals surface area contributed by atoms with Crippen molar-refractivity contribution in [3.8, 4) is 0 Å². The number of nitrogens with zero attached hydrogens (tertiary/aromatic N) is 1. The number of sulfonamides is 1. The first-order valence-corrected chi connectivity index (χ1v) is 7.07. The predicted molar refractivity (Wildman–Crippen MR) is 66.9 cm³/mol. The van der Waals surface area contributed by atoms with Crippen molar-refractivity contribution in [2.45, 2.75) is 25.5 Å². The van der Waals surface area contributed by atoms with Gasteiger partial charge in [0.05, 0.1) is 10.9 Å². The molecule has 0 N–H and O–H groups in total. The van der Waals surface area contributed by atoms with E-state index in [-0.39, 0.29) is 0 Å². The van der Waals surface area contributed by atoms with Crippen LogP contribution in [0.3, 0.4) is 0 Å². The number of anilines is 1. The summed E-state index contributed by atoms with van der Waals surface area (Å²) in [6, 6.07) is 5.20. The molecule has 0 fully saturated rings. The van der Waals surface area contributed by atoms with Gasteiger partial charge in [0, 0.05) is 12.1 Å². The molecule has 0 atom stereocenters.